The Balaban J connectivity index is 1.81. The number of rotatable bonds is 6. The largest absolute Gasteiger partial charge is 0.494 e. The predicted molar refractivity (Wildman–Crippen MR) is 80.9 cm³/mol. The number of hydrogen-bond donors (Lipinski definition) is 2. The van der Waals surface area contributed by atoms with Gasteiger partial charge in [0.2, 0.25) is 0 Å². The number of nitrogens with one attached hydrogen (secondary N) is 1. The van der Waals surface area contributed by atoms with Crippen molar-refractivity contribution in [3.05, 3.63) is 23.8 Å². The normalized spacial score (nSPS) is 15.2. The first-order valence-corrected chi connectivity index (χ1v) is 7.43. The molecule has 0 unspecified atom stereocenters. The summed E-state index contributed by atoms with van der Waals surface area (Å²) in [5, 5.41) is 2.95. The Bertz CT molecular complexity index is 454. The van der Waals surface area contributed by atoms with Crippen molar-refractivity contribution in [2.24, 2.45) is 5.92 Å². The van der Waals surface area contributed by atoms with Crippen LogP contribution >= 0.6 is 0 Å². The first kappa shape index (κ1) is 14.7. The first-order valence-electron chi connectivity index (χ1n) is 7.43. The van der Waals surface area contributed by atoms with E-state index in [1.807, 2.05) is 0 Å². The number of anilines is 1. The van der Waals surface area contributed by atoms with E-state index >= 15 is 0 Å². The number of carbonyl (C=O) groups excluding carboxylic acids is 1. The smallest absolute Gasteiger partial charge is 0.255 e. The van der Waals surface area contributed by atoms with Gasteiger partial charge in [-0.25, -0.2) is 0 Å². The van der Waals surface area contributed by atoms with E-state index in [0.717, 1.165) is 12.3 Å². The Morgan fingerprint density at radius 1 is 1.40 bits per heavy atom. The van der Waals surface area contributed by atoms with Gasteiger partial charge in [0, 0.05) is 6.54 Å². The standard InChI is InChI=1S/C16H24N2O2/c1-20-15-13(9-4-10-14(15)17)16(19)18-11-5-8-12-6-2-3-7-12/h4,9-10,12H,2-3,5-8,11,17H2,1H3,(H,18,19). The molecule has 0 radical (unpaired) electrons. The fourth-order valence-electron chi connectivity index (χ4n) is 2.95. The summed E-state index contributed by atoms with van der Waals surface area (Å²) < 4.78 is 5.20. The van der Waals surface area contributed by atoms with E-state index in [2.05, 4.69) is 5.32 Å². The molecule has 1 saturated carbocycles. The molecule has 0 heterocycles. The lowest BCUT2D eigenvalue weighted by atomic mass is 10.0. The van der Waals surface area contributed by atoms with Crippen LogP contribution in [-0.2, 0) is 0 Å². The summed E-state index contributed by atoms with van der Waals surface area (Å²) >= 11 is 0. The molecular formula is C16H24N2O2. The van der Waals surface area contributed by atoms with Crippen molar-refractivity contribution in [2.75, 3.05) is 19.4 Å². The van der Waals surface area contributed by atoms with Crippen LogP contribution in [0, 0.1) is 5.92 Å². The van der Waals surface area contributed by atoms with Crippen molar-refractivity contribution >= 4 is 11.6 Å². The first-order chi connectivity index (χ1) is 9.72. The van der Waals surface area contributed by atoms with Crippen LogP contribution in [0.2, 0.25) is 0 Å². The number of ether oxygens (including phenoxy) is 1. The zero-order valence-corrected chi connectivity index (χ0v) is 12.2. The van der Waals surface area contributed by atoms with Gasteiger partial charge in [0.1, 0.15) is 0 Å². The quantitative estimate of drug-likeness (QED) is 0.620. The zero-order valence-electron chi connectivity index (χ0n) is 12.2. The molecule has 1 aromatic rings. The van der Waals surface area contributed by atoms with Gasteiger partial charge in [-0.1, -0.05) is 31.7 Å². The maximum atomic E-state index is 12.1. The average Bonchev–Trinajstić information content (AvgIpc) is 2.96. The van der Waals surface area contributed by atoms with Gasteiger partial charge in [-0.3, -0.25) is 4.79 Å². The van der Waals surface area contributed by atoms with Crippen LogP contribution in [0.4, 0.5) is 5.69 Å². The molecule has 0 aliphatic heterocycles. The second-order valence-electron chi connectivity index (χ2n) is 5.48. The number of para-hydroxylation sites is 1. The molecule has 3 N–H and O–H groups in total. The lowest BCUT2D eigenvalue weighted by Gasteiger charge is -2.12. The summed E-state index contributed by atoms with van der Waals surface area (Å²) in [5.74, 6) is 1.22. The van der Waals surface area contributed by atoms with Crippen LogP contribution in [0.3, 0.4) is 0 Å². The maximum Gasteiger partial charge on any atom is 0.255 e. The van der Waals surface area contributed by atoms with Crippen LogP contribution in [0.1, 0.15) is 48.9 Å². The van der Waals surface area contributed by atoms with Gasteiger partial charge in [-0.15, -0.1) is 0 Å². The summed E-state index contributed by atoms with van der Waals surface area (Å²) in [6.45, 7) is 0.716. The third-order valence-electron chi connectivity index (χ3n) is 4.04. The van der Waals surface area contributed by atoms with Gasteiger partial charge in [0.25, 0.3) is 5.91 Å². The van der Waals surface area contributed by atoms with Gasteiger partial charge in [-0.05, 0) is 30.9 Å². The Labute approximate surface area is 120 Å². The van der Waals surface area contributed by atoms with Gasteiger partial charge in [0.15, 0.2) is 5.75 Å². The monoisotopic (exact) mass is 276 g/mol. The maximum absolute atomic E-state index is 12.1. The lowest BCUT2D eigenvalue weighted by Crippen LogP contribution is -2.25. The van der Waals surface area contributed by atoms with Gasteiger partial charge in [0.05, 0.1) is 18.4 Å². The molecule has 0 spiro atoms. The van der Waals surface area contributed by atoms with E-state index in [9.17, 15) is 4.79 Å². The Morgan fingerprint density at radius 2 is 2.15 bits per heavy atom. The number of nitrogen functional groups attached to an aromatic ring is 1. The highest BCUT2D eigenvalue weighted by Gasteiger charge is 2.16. The molecule has 0 aromatic heterocycles. The topological polar surface area (TPSA) is 64.3 Å². The van der Waals surface area contributed by atoms with Crippen molar-refractivity contribution in [2.45, 2.75) is 38.5 Å². The minimum absolute atomic E-state index is 0.111. The Hall–Kier alpha value is -1.71. The third kappa shape index (κ3) is 3.65. The highest BCUT2D eigenvalue weighted by atomic mass is 16.5. The zero-order chi connectivity index (χ0) is 14.4. The van der Waals surface area contributed by atoms with Crippen molar-refractivity contribution in [1.29, 1.82) is 0 Å². The number of carbonyl (C=O) groups is 1. The molecular weight excluding hydrogens is 252 g/mol. The Morgan fingerprint density at radius 3 is 2.85 bits per heavy atom. The molecule has 1 aliphatic rings. The molecule has 1 amide bonds. The minimum atomic E-state index is -0.111. The van der Waals surface area contributed by atoms with Crippen LogP contribution in [-0.4, -0.2) is 19.6 Å². The fraction of sp³-hybridized carbons (Fsp3) is 0.562. The van der Waals surface area contributed by atoms with Crippen LogP contribution in [0.5, 0.6) is 5.75 Å². The number of amides is 1. The van der Waals surface area contributed by atoms with Crippen molar-refractivity contribution in [1.82, 2.24) is 5.32 Å². The molecule has 4 nitrogen and oxygen atoms in total. The predicted octanol–water partition coefficient (Wildman–Crippen LogP) is 2.98. The number of nitrogens with two attached hydrogens (primary N) is 1. The SMILES string of the molecule is COc1c(N)cccc1C(=O)NCCCC1CCCC1. The summed E-state index contributed by atoms with van der Waals surface area (Å²) in [6.07, 6.45) is 7.72. The number of benzene rings is 1. The summed E-state index contributed by atoms with van der Waals surface area (Å²) in [5.41, 5.74) is 6.80. The number of hydrogen-bond acceptors (Lipinski definition) is 3. The number of methoxy groups -OCH3 is 1. The van der Waals surface area contributed by atoms with Crippen LogP contribution in [0.25, 0.3) is 0 Å². The van der Waals surface area contributed by atoms with E-state index in [1.54, 1.807) is 18.2 Å². The minimum Gasteiger partial charge on any atom is -0.494 e. The average molecular weight is 276 g/mol. The highest BCUT2D eigenvalue weighted by Crippen LogP contribution is 2.28. The van der Waals surface area contributed by atoms with E-state index in [1.165, 1.54) is 39.2 Å². The van der Waals surface area contributed by atoms with Crippen LogP contribution < -0.4 is 15.8 Å². The fourth-order valence-corrected chi connectivity index (χ4v) is 2.95. The molecule has 0 atom stereocenters. The molecule has 1 aliphatic carbocycles. The third-order valence-corrected chi connectivity index (χ3v) is 4.04. The molecule has 1 fully saturated rings. The summed E-state index contributed by atoms with van der Waals surface area (Å²) in [4.78, 5) is 12.1. The Kier molecular flexibility index (Phi) is 5.27. The van der Waals surface area contributed by atoms with Crippen LogP contribution in [0.15, 0.2) is 18.2 Å². The molecule has 2 rings (SSSR count). The second-order valence-corrected chi connectivity index (χ2v) is 5.48. The van der Waals surface area contributed by atoms with E-state index < -0.39 is 0 Å². The molecule has 20 heavy (non-hydrogen) atoms. The van der Waals surface area contributed by atoms with Gasteiger partial charge >= 0.3 is 0 Å². The van der Waals surface area contributed by atoms with Gasteiger partial charge in [-0.2, -0.15) is 0 Å². The highest BCUT2D eigenvalue weighted by molar-refractivity contribution is 5.98. The molecule has 0 saturated heterocycles. The van der Waals surface area contributed by atoms with E-state index in [-0.39, 0.29) is 5.91 Å². The molecule has 1 aromatic carbocycles. The van der Waals surface area contributed by atoms with E-state index in [0.29, 0.717) is 23.5 Å². The van der Waals surface area contributed by atoms with Crippen molar-refractivity contribution < 1.29 is 9.53 Å². The van der Waals surface area contributed by atoms with Gasteiger partial charge < -0.3 is 15.8 Å². The summed E-state index contributed by atoms with van der Waals surface area (Å²) in [7, 11) is 1.53. The van der Waals surface area contributed by atoms with Crippen molar-refractivity contribution in [3.63, 3.8) is 0 Å². The molecule has 0 bridgehead atoms. The van der Waals surface area contributed by atoms with E-state index in [4.69, 9.17) is 10.5 Å². The second kappa shape index (κ2) is 7.17. The lowest BCUT2D eigenvalue weighted by molar-refractivity contribution is 0.0949. The summed E-state index contributed by atoms with van der Waals surface area (Å²) in [6, 6.07) is 5.24. The van der Waals surface area contributed by atoms with Crippen molar-refractivity contribution in [3.8, 4) is 5.75 Å². The molecule has 4 heteroatoms. The molecule has 110 valence electrons.